The summed E-state index contributed by atoms with van der Waals surface area (Å²) in [5.41, 5.74) is 1.45. The minimum atomic E-state index is -0.507. The van der Waals surface area contributed by atoms with E-state index in [1.54, 1.807) is 31.2 Å². The third kappa shape index (κ3) is 2.23. The van der Waals surface area contributed by atoms with E-state index in [0.29, 0.717) is 27.3 Å². The first-order valence-corrected chi connectivity index (χ1v) is 6.60. The van der Waals surface area contributed by atoms with Gasteiger partial charge in [0.1, 0.15) is 5.58 Å². The van der Waals surface area contributed by atoms with Crippen molar-refractivity contribution in [1.82, 2.24) is 0 Å². The SMILES string of the molecule is Cc1c(-c2ccc(O)c(O)c2)c(=O)oc2ccc(Cl)cc12. The predicted octanol–water partition coefficient (Wildman–Crippen LogP) is 3.83. The number of aryl methyl sites for hydroxylation is 1. The first kappa shape index (κ1) is 13.5. The van der Waals surface area contributed by atoms with Crippen LogP contribution in [0.25, 0.3) is 22.1 Å². The van der Waals surface area contributed by atoms with Crippen molar-refractivity contribution >= 4 is 22.6 Å². The second-order valence-electron chi connectivity index (χ2n) is 4.73. The summed E-state index contributed by atoms with van der Waals surface area (Å²) in [5.74, 6) is -0.540. The van der Waals surface area contributed by atoms with Crippen molar-refractivity contribution in [2.24, 2.45) is 0 Å². The standard InChI is InChI=1S/C16H11ClO4/c1-8-11-7-10(17)3-5-14(11)21-16(20)15(8)9-2-4-12(18)13(19)6-9/h2-7,18-19H,1H3. The summed E-state index contributed by atoms with van der Waals surface area (Å²) in [6.45, 7) is 1.79. The van der Waals surface area contributed by atoms with Crippen molar-refractivity contribution in [1.29, 1.82) is 0 Å². The molecule has 21 heavy (non-hydrogen) atoms. The Hall–Kier alpha value is -2.46. The summed E-state index contributed by atoms with van der Waals surface area (Å²) in [7, 11) is 0. The fourth-order valence-corrected chi connectivity index (χ4v) is 2.51. The normalized spacial score (nSPS) is 11.0. The molecule has 3 rings (SSSR count). The van der Waals surface area contributed by atoms with Gasteiger partial charge >= 0.3 is 5.63 Å². The van der Waals surface area contributed by atoms with E-state index >= 15 is 0 Å². The average Bonchev–Trinajstić information content (AvgIpc) is 2.44. The third-order valence-electron chi connectivity index (χ3n) is 3.39. The van der Waals surface area contributed by atoms with Crippen LogP contribution in [0, 0.1) is 6.92 Å². The molecule has 106 valence electrons. The second-order valence-corrected chi connectivity index (χ2v) is 5.17. The summed E-state index contributed by atoms with van der Waals surface area (Å²) < 4.78 is 5.29. The molecule has 4 nitrogen and oxygen atoms in total. The first-order valence-electron chi connectivity index (χ1n) is 6.22. The van der Waals surface area contributed by atoms with E-state index in [1.807, 2.05) is 0 Å². The molecule has 0 aliphatic heterocycles. The van der Waals surface area contributed by atoms with Crippen LogP contribution in [-0.4, -0.2) is 10.2 Å². The molecule has 3 aromatic rings. The Morgan fingerprint density at radius 3 is 2.52 bits per heavy atom. The molecular formula is C16H11ClO4. The van der Waals surface area contributed by atoms with Crippen LogP contribution in [0.3, 0.4) is 0 Å². The minimum absolute atomic E-state index is 0.246. The summed E-state index contributed by atoms with van der Waals surface area (Å²) >= 11 is 5.98. The number of benzene rings is 2. The van der Waals surface area contributed by atoms with Gasteiger partial charge in [-0.1, -0.05) is 17.7 Å². The highest BCUT2D eigenvalue weighted by molar-refractivity contribution is 6.31. The van der Waals surface area contributed by atoms with Crippen molar-refractivity contribution in [3.05, 3.63) is 57.4 Å². The van der Waals surface area contributed by atoms with Crippen molar-refractivity contribution in [3.8, 4) is 22.6 Å². The van der Waals surface area contributed by atoms with E-state index in [-0.39, 0.29) is 11.5 Å². The lowest BCUT2D eigenvalue weighted by Crippen LogP contribution is -2.05. The number of phenolic OH excluding ortho intramolecular Hbond substituents is 2. The molecule has 0 bridgehead atoms. The van der Waals surface area contributed by atoms with Gasteiger partial charge in [-0.25, -0.2) is 4.79 Å². The Balaban J connectivity index is 2.36. The van der Waals surface area contributed by atoms with Crippen molar-refractivity contribution in [2.45, 2.75) is 6.92 Å². The first-order chi connectivity index (χ1) is 9.97. The third-order valence-corrected chi connectivity index (χ3v) is 3.63. The maximum atomic E-state index is 12.2. The predicted molar refractivity (Wildman–Crippen MR) is 81.0 cm³/mol. The lowest BCUT2D eigenvalue weighted by molar-refractivity contribution is 0.404. The zero-order chi connectivity index (χ0) is 15.1. The van der Waals surface area contributed by atoms with Crippen molar-refractivity contribution < 1.29 is 14.6 Å². The molecule has 0 saturated carbocycles. The van der Waals surface area contributed by atoms with Crippen LogP contribution in [0.4, 0.5) is 0 Å². The number of halogens is 1. The van der Waals surface area contributed by atoms with Crippen LogP contribution in [0.1, 0.15) is 5.56 Å². The Morgan fingerprint density at radius 1 is 1.05 bits per heavy atom. The molecule has 0 fully saturated rings. The summed E-state index contributed by atoms with van der Waals surface area (Å²) in [4.78, 5) is 12.2. The molecule has 0 saturated heterocycles. The van der Waals surface area contributed by atoms with E-state index in [4.69, 9.17) is 16.0 Å². The van der Waals surface area contributed by atoms with Crippen LogP contribution < -0.4 is 5.63 Å². The molecule has 0 spiro atoms. The second kappa shape index (κ2) is 4.82. The van der Waals surface area contributed by atoms with Gasteiger partial charge in [-0.3, -0.25) is 0 Å². The number of fused-ring (bicyclic) bond motifs is 1. The van der Waals surface area contributed by atoms with Gasteiger partial charge in [0.25, 0.3) is 0 Å². The van der Waals surface area contributed by atoms with Crippen molar-refractivity contribution in [3.63, 3.8) is 0 Å². The maximum absolute atomic E-state index is 12.2. The number of hydrogen-bond acceptors (Lipinski definition) is 4. The van der Waals surface area contributed by atoms with E-state index in [2.05, 4.69) is 0 Å². The van der Waals surface area contributed by atoms with Gasteiger partial charge < -0.3 is 14.6 Å². The van der Waals surface area contributed by atoms with Gasteiger partial charge in [0.05, 0.1) is 5.56 Å². The molecular weight excluding hydrogens is 292 g/mol. The number of phenols is 2. The molecule has 1 aromatic heterocycles. The van der Waals surface area contributed by atoms with Gasteiger partial charge in [0, 0.05) is 10.4 Å². The molecule has 2 aromatic carbocycles. The topological polar surface area (TPSA) is 70.7 Å². The number of rotatable bonds is 1. The Morgan fingerprint density at radius 2 is 1.81 bits per heavy atom. The van der Waals surface area contributed by atoms with E-state index in [0.717, 1.165) is 5.39 Å². The van der Waals surface area contributed by atoms with Gasteiger partial charge in [-0.05, 0) is 48.4 Å². The van der Waals surface area contributed by atoms with Gasteiger partial charge in [0.2, 0.25) is 0 Å². The minimum Gasteiger partial charge on any atom is -0.504 e. The van der Waals surface area contributed by atoms with E-state index in [1.165, 1.54) is 12.1 Å². The van der Waals surface area contributed by atoms with Gasteiger partial charge in [-0.2, -0.15) is 0 Å². The molecule has 2 N–H and O–H groups in total. The van der Waals surface area contributed by atoms with Crippen LogP contribution >= 0.6 is 11.6 Å². The smallest absolute Gasteiger partial charge is 0.344 e. The largest absolute Gasteiger partial charge is 0.504 e. The van der Waals surface area contributed by atoms with E-state index < -0.39 is 5.63 Å². The van der Waals surface area contributed by atoms with Crippen LogP contribution in [0.5, 0.6) is 11.5 Å². The van der Waals surface area contributed by atoms with Crippen LogP contribution in [0.15, 0.2) is 45.6 Å². The lowest BCUT2D eigenvalue weighted by atomic mass is 9.99. The van der Waals surface area contributed by atoms with Crippen molar-refractivity contribution in [2.75, 3.05) is 0 Å². The highest BCUT2D eigenvalue weighted by Gasteiger charge is 2.15. The molecule has 0 unspecified atom stereocenters. The number of aromatic hydroxyl groups is 2. The summed E-state index contributed by atoms with van der Waals surface area (Å²) in [5, 5.41) is 20.2. The molecule has 0 aliphatic rings. The van der Waals surface area contributed by atoms with Crippen LogP contribution in [-0.2, 0) is 0 Å². The zero-order valence-corrected chi connectivity index (χ0v) is 11.8. The highest BCUT2D eigenvalue weighted by atomic mass is 35.5. The summed E-state index contributed by atoms with van der Waals surface area (Å²) in [6, 6.07) is 9.21. The fourth-order valence-electron chi connectivity index (χ4n) is 2.34. The molecule has 0 radical (unpaired) electrons. The van der Waals surface area contributed by atoms with Crippen LogP contribution in [0.2, 0.25) is 5.02 Å². The summed E-state index contributed by atoms with van der Waals surface area (Å²) in [6.07, 6.45) is 0. The van der Waals surface area contributed by atoms with E-state index in [9.17, 15) is 15.0 Å². The maximum Gasteiger partial charge on any atom is 0.344 e. The highest BCUT2D eigenvalue weighted by Crippen LogP contribution is 2.33. The quantitative estimate of drug-likeness (QED) is 0.529. The van der Waals surface area contributed by atoms with Gasteiger partial charge in [0.15, 0.2) is 11.5 Å². The molecule has 5 heteroatoms. The Labute approximate surface area is 124 Å². The number of hydrogen-bond donors (Lipinski definition) is 2. The average molecular weight is 303 g/mol. The van der Waals surface area contributed by atoms with Gasteiger partial charge in [-0.15, -0.1) is 0 Å². The molecule has 0 aliphatic carbocycles. The zero-order valence-electron chi connectivity index (χ0n) is 11.1. The molecule has 1 heterocycles. The molecule has 0 amide bonds. The fraction of sp³-hybridized carbons (Fsp3) is 0.0625. The monoisotopic (exact) mass is 302 g/mol. The Bertz CT molecular complexity index is 912. The molecule has 0 atom stereocenters. The Kier molecular flexibility index (Phi) is 3.11. The lowest BCUT2D eigenvalue weighted by Gasteiger charge is -2.09.